The summed E-state index contributed by atoms with van der Waals surface area (Å²) >= 11 is 0. The van der Waals surface area contributed by atoms with Crippen LogP contribution in [0.3, 0.4) is 0 Å². The molecule has 1 aliphatic rings. The fraction of sp³-hybridized carbons (Fsp3) is 0.412. The third-order valence-electron chi connectivity index (χ3n) is 4.27. The molecule has 1 saturated heterocycles. The summed E-state index contributed by atoms with van der Waals surface area (Å²) < 4.78 is 0. The van der Waals surface area contributed by atoms with E-state index in [2.05, 4.69) is 45.2 Å². The van der Waals surface area contributed by atoms with Crippen LogP contribution in [0.25, 0.3) is 0 Å². The van der Waals surface area contributed by atoms with Gasteiger partial charge in [-0.25, -0.2) is 0 Å². The van der Waals surface area contributed by atoms with Gasteiger partial charge in [0.15, 0.2) is 0 Å². The predicted octanol–water partition coefficient (Wildman–Crippen LogP) is 2.80. The monoisotopic (exact) mass is 354 g/mol. The van der Waals surface area contributed by atoms with E-state index in [9.17, 15) is 0 Å². The number of halogens is 2. The lowest BCUT2D eigenvalue weighted by Gasteiger charge is -2.16. The zero-order valence-electron chi connectivity index (χ0n) is 13.3. The van der Waals surface area contributed by atoms with Crippen molar-refractivity contribution in [1.29, 1.82) is 0 Å². The topological polar surface area (TPSA) is 55.0 Å². The Bertz CT molecular complexity index is 577. The van der Waals surface area contributed by atoms with E-state index in [-0.39, 0.29) is 24.8 Å². The van der Waals surface area contributed by atoms with Crippen molar-refractivity contribution in [2.24, 2.45) is 11.7 Å². The zero-order valence-corrected chi connectivity index (χ0v) is 14.9. The van der Waals surface area contributed by atoms with Crippen LogP contribution >= 0.6 is 24.8 Å². The summed E-state index contributed by atoms with van der Waals surface area (Å²) in [6.45, 7) is 5.62. The fourth-order valence-corrected chi connectivity index (χ4v) is 3.14. The lowest BCUT2D eigenvalue weighted by atomic mass is 9.89. The quantitative estimate of drug-likeness (QED) is 0.916. The predicted molar refractivity (Wildman–Crippen MR) is 98.3 cm³/mol. The Morgan fingerprint density at radius 1 is 1.09 bits per heavy atom. The molecule has 23 heavy (non-hydrogen) atoms. The molecule has 0 saturated carbocycles. The molecule has 4 nitrogen and oxygen atoms in total. The highest BCUT2D eigenvalue weighted by Gasteiger charge is 2.32. The molecule has 126 valence electrons. The Balaban J connectivity index is 0.00000132. The van der Waals surface area contributed by atoms with Gasteiger partial charge in [0, 0.05) is 37.9 Å². The van der Waals surface area contributed by atoms with Gasteiger partial charge in [-0.05, 0) is 24.9 Å². The fourth-order valence-electron chi connectivity index (χ4n) is 3.14. The van der Waals surface area contributed by atoms with Crippen molar-refractivity contribution < 1.29 is 0 Å². The van der Waals surface area contributed by atoms with Crippen LogP contribution in [-0.2, 0) is 6.54 Å². The van der Waals surface area contributed by atoms with Crippen LogP contribution in [-0.4, -0.2) is 34.5 Å². The summed E-state index contributed by atoms with van der Waals surface area (Å²) in [6.07, 6.45) is 3.71. The highest BCUT2D eigenvalue weighted by molar-refractivity contribution is 5.85. The molecule has 2 heterocycles. The molecular weight excluding hydrogens is 331 g/mol. The minimum Gasteiger partial charge on any atom is -0.330 e. The Hall–Kier alpha value is -1.20. The van der Waals surface area contributed by atoms with E-state index in [1.165, 1.54) is 5.56 Å². The molecule has 0 spiro atoms. The summed E-state index contributed by atoms with van der Waals surface area (Å²) in [5.74, 6) is 1.04. The molecule has 0 radical (unpaired) electrons. The number of hydrogen-bond donors (Lipinski definition) is 1. The summed E-state index contributed by atoms with van der Waals surface area (Å²) in [4.78, 5) is 11.2. The van der Waals surface area contributed by atoms with Crippen molar-refractivity contribution in [3.63, 3.8) is 0 Å². The second-order valence-corrected chi connectivity index (χ2v) is 5.86. The van der Waals surface area contributed by atoms with Gasteiger partial charge in [-0.2, -0.15) is 0 Å². The maximum atomic E-state index is 5.98. The first-order chi connectivity index (χ1) is 10.3. The molecule has 0 bridgehead atoms. The second-order valence-electron chi connectivity index (χ2n) is 5.86. The van der Waals surface area contributed by atoms with Gasteiger partial charge in [0.25, 0.3) is 0 Å². The van der Waals surface area contributed by atoms with Gasteiger partial charge in [-0.3, -0.25) is 14.9 Å². The standard InChI is InChI=1S/C17H22N4.2ClH/c1-13-8-20-16(9-19-13)11-21-10-15(7-18)17(12-21)14-5-3-2-4-6-14;;/h2-6,8-9,15,17H,7,10-12,18H2,1H3;2*1H/t15-,17+;;/m1../s1. The van der Waals surface area contributed by atoms with E-state index in [0.29, 0.717) is 11.8 Å². The van der Waals surface area contributed by atoms with Crippen LogP contribution in [0.15, 0.2) is 42.7 Å². The van der Waals surface area contributed by atoms with Crippen LogP contribution in [0, 0.1) is 12.8 Å². The van der Waals surface area contributed by atoms with Gasteiger partial charge in [0.05, 0.1) is 11.4 Å². The Labute approximate surface area is 150 Å². The highest BCUT2D eigenvalue weighted by atomic mass is 35.5. The molecule has 0 amide bonds. The zero-order chi connectivity index (χ0) is 14.7. The first-order valence-corrected chi connectivity index (χ1v) is 7.51. The lowest BCUT2D eigenvalue weighted by Crippen LogP contribution is -2.23. The van der Waals surface area contributed by atoms with E-state index in [0.717, 1.165) is 37.6 Å². The number of aromatic nitrogens is 2. The van der Waals surface area contributed by atoms with E-state index >= 15 is 0 Å². The smallest absolute Gasteiger partial charge is 0.0727 e. The lowest BCUT2D eigenvalue weighted by molar-refractivity contribution is 0.312. The van der Waals surface area contributed by atoms with Gasteiger partial charge >= 0.3 is 0 Å². The molecule has 1 aromatic heterocycles. The number of nitrogens with zero attached hydrogens (tertiary/aromatic N) is 3. The highest BCUT2D eigenvalue weighted by Crippen LogP contribution is 2.32. The van der Waals surface area contributed by atoms with Gasteiger partial charge in [-0.1, -0.05) is 30.3 Å². The number of likely N-dealkylation sites (tertiary alicyclic amines) is 1. The number of hydrogen-bond acceptors (Lipinski definition) is 4. The van der Waals surface area contributed by atoms with Crippen molar-refractivity contribution in [1.82, 2.24) is 14.9 Å². The van der Waals surface area contributed by atoms with Crippen LogP contribution in [0.4, 0.5) is 0 Å². The van der Waals surface area contributed by atoms with Crippen molar-refractivity contribution in [2.75, 3.05) is 19.6 Å². The van der Waals surface area contributed by atoms with E-state index in [1.54, 1.807) is 0 Å². The first-order valence-electron chi connectivity index (χ1n) is 7.51. The normalized spacial score (nSPS) is 20.6. The average Bonchev–Trinajstić information content (AvgIpc) is 2.93. The van der Waals surface area contributed by atoms with Crippen molar-refractivity contribution in [2.45, 2.75) is 19.4 Å². The largest absolute Gasteiger partial charge is 0.330 e. The molecule has 2 aromatic rings. The first kappa shape index (κ1) is 19.8. The molecule has 1 fully saturated rings. The van der Waals surface area contributed by atoms with Crippen molar-refractivity contribution in [3.05, 3.63) is 59.7 Å². The average molecular weight is 355 g/mol. The third kappa shape index (κ3) is 4.88. The summed E-state index contributed by atoms with van der Waals surface area (Å²) in [7, 11) is 0. The summed E-state index contributed by atoms with van der Waals surface area (Å²) in [5.41, 5.74) is 9.37. The van der Waals surface area contributed by atoms with Gasteiger partial charge in [0.2, 0.25) is 0 Å². The Morgan fingerprint density at radius 3 is 2.43 bits per heavy atom. The number of rotatable bonds is 4. The van der Waals surface area contributed by atoms with E-state index in [1.807, 2.05) is 19.3 Å². The molecule has 2 atom stereocenters. The van der Waals surface area contributed by atoms with E-state index < -0.39 is 0 Å². The number of benzene rings is 1. The number of aryl methyl sites for hydroxylation is 1. The summed E-state index contributed by atoms with van der Waals surface area (Å²) in [6, 6.07) is 10.7. The third-order valence-corrected chi connectivity index (χ3v) is 4.27. The minimum atomic E-state index is 0. The molecule has 0 unspecified atom stereocenters. The Kier molecular flexibility index (Phi) is 7.92. The molecule has 6 heteroatoms. The molecule has 2 N–H and O–H groups in total. The Morgan fingerprint density at radius 2 is 1.83 bits per heavy atom. The van der Waals surface area contributed by atoms with Gasteiger partial charge in [-0.15, -0.1) is 24.8 Å². The molecule has 1 aromatic carbocycles. The van der Waals surface area contributed by atoms with Crippen LogP contribution in [0.2, 0.25) is 0 Å². The molecular formula is C17H24Cl2N4. The van der Waals surface area contributed by atoms with Crippen molar-refractivity contribution in [3.8, 4) is 0 Å². The summed E-state index contributed by atoms with van der Waals surface area (Å²) in [5, 5.41) is 0. The maximum absolute atomic E-state index is 5.98. The van der Waals surface area contributed by atoms with Crippen molar-refractivity contribution >= 4 is 24.8 Å². The SMILES string of the molecule is Cc1cnc(CN2C[C@@H](CN)[C@H](c3ccccc3)C2)cn1.Cl.Cl. The van der Waals surface area contributed by atoms with Gasteiger partial charge in [0.1, 0.15) is 0 Å². The molecule has 0 aliphatic carbocycles. The maximum Gasteiger partial charge on any atom is 0.0727 e. The second kappa shape index (κ2) is 9.18. The minimum absolute atomic E-state index is 0. The van der Waals surface area contributed by atoms with Crippen LogP contribution < -0.4 is 5.73 Å². The van der Waals surface area contributed by atoms with E-state index in [4.69, 9.17) is 5.73 Å². The van der Waals surface area contributed by atoms with Gasteiger partial charge < -0.3 is 5.73 Å². The van der Waals surface area contributed by atoms with Crippen LogP contribution in [0.5, 0.6) is 0 Å². The molecule has 3 rings (SSSR count). The van der Waals surface area contributed by atoms with Crippen LogP contribution in [0.1, 0.15) is 22.9 Å². The molecule has 1 aliphatic heterocycles. The number of nitrogens with two attached hydrogens (primary N) is 1.